The SMILES string of the molecule is Cc1ccc(S(=O)(=O)/N=C/C2=c3ccccc3=CC2(C)C)cc1. The Kier molecular flexibility index (Phi) is 3.72. The molecule has 0 saturated carbocycles. The smallest absolute Gasteiger partial charge is 0.199 e. The lowest BCUT2D eigenvalue weighted by atomic mass is 9.87. The molecule has 4 heteroatoms. The molecule has 0 unspecified atom stereocenters. The highest BCUT2D eigenvalue weighted by Crippen LogP contribution is 2.29. The zero-order chi connectivity index (χ0) is 16.7. The van der Waals surface area contributed by atoms with E-state index in [1.165, 1.54) is 6.21 Å². The first-order chi connectivity index (χ1) is 10.8. The van der Waals surface area contributed by atoms with E-state index >= 15 is 0 Å². The highest BCUT2D eigenvalue weighted by Gasteiger charge is 2.25. The van der Waals surface area contributed by atoms with Gasteiger partial charge in [-0.25, -0.2) is 0 Å². The molecule has 3 nitrogen and oxygen atoms in total. The van der Waals surface area contributed by atoms with Crippen LogP contribution in [0.4, 0.5) is 0 Å². The van der Waals surface area contributed by atoms with Gasteiger partial charge in [-0.05, 0) is 35.1 Å². The van der Waals surface area contributed by atoms with Crippen molar-refractivity contribution in [3.05, 3.63) is 64.5 Å². The van der Waals surface area contributed by atoms with Crippen molar-refractivity contribution in [2.75, 3.05) is 0 Å². The van der Waals surface area contributed by atoms with Gasteiger partial charge >= 0.3 is 0 Å². The van der Waals surface area contributed by atoms with Crippen LogP contribution in [0, 0.1) is 12.3 Å². The largest absolute Gasteiger partial charge is 0.282 e. The highest BCUT2D eigenvalue weighted by molar-refractivity contribution is 7.90. The number of nitrogens with zero attached hydrogens (tertiary/aromatic N) is 1. The van der Waals surface area contributed by atoms with Crippen molar-refractivity contribution in [3.8, 4) is 0 Å². The number of aryl methyl sites for hydroxylation is 1. The number of hydrogen-bond acceptors (Lipinski definition) is 2. The summed E-state index contributed by atoms with van der Waals surface area (Å²) >= 11 is 0. The third kappa shape index (κ3) is 2.99. The molecule has 0 heterocycles. The van der Waals surface area contributed by atoms with Gasteiger partial charge < -0.3 is 0 Å². The lowest BCUT2D eigenvalue weighted by Crippen LogP contribution is -2.23. The van der Waals surface area contributed by atoms with Crippen LogP contribution < -0.4 is 10.4 Å². The molecule has 1 aliphatic rings. The summed E-state index contributed by atoms with van der Waals surface area (Å²) in [5.74, 6) is 0. The van der Waals surface area contributed by atoms with E-state index in [0.29, 0.717) is 0 Å². The molecular formula is C19H19NO2S. The molecule has 2 aromatic rings. The quantitative estimate of drug-likeness (QED) is 0.814. The van der Waals surface area contributed by atoms with Crippen LogP contribution in [-0.2, 0) is 10.0 Å². The average Bonchev–Trinajstić information content (AvgIpc) is 2.75. The third-order valence-electron chi connectivity index (χ3n) is 4.10. The van der Waals surface area contributed by atoms with E-state index in [1.807, 2.05) is 31.2 Å². The maximum Gasteiger partial charge on any atom is 0.282 e. The van der Waals surface area contributed by atoms with Crippen LogP contribution in [0.2, 0.25) is 0 Å². The zero-order valence-corrected chi connectivity index (χ0v) is 14.3. The van der Waals surface area contributed by atoms with Gasteiger partial charge in [-0.2, -0.15) is 12.8 Å². The van der Waals surface area contributed by atoms with Crippen LogP contribution in [0.15, 0.2) is 57.8 Å². The van der Waals surface area contributed by atoms with Gasteiger partial charge in [-0.1, -0.05) is 61.9 Å². The molecule has 0 spiro atoms. The van der Waals surface area contributed by atoms with E-state index in [-0.39, 0.29) is 10.3 Å². The Morgan fingerprint density at radius 3 is 2.35 bits per heavy atom. The maximum absolute atomic E-state index is 12.4. The monoisotopic (exact) mass is 325 g/mol. The summed E-state index contributed by atoms with van der Waals surface area (Å²) in [7, 11) is -3.68. The zero-order valence-electron chi connectivity index (χ0n) is 13.4. The lowest BCUT2D eigenvalue weighted by molar-refractivity contribution is 0.598. The normalized spacial score (nSPS) is 16.4. The van der Waals surface area contributed by atoms with Crippen LogP contribution >= 0.6 is 0 Å². The predicted octanol–water partition coefficient (Wildman–Crippen LogP) is 2.43. The number of rotatable bonds is 3. The van der Waals surface area contributed by atoms with Crippen LogP contribution in [0.25, 0.3) is 11.6 Å². The minimum atomic E-state index is -3.68. The predicted molar refractivity (Wildman–Crippen MR) is 94.2 cm³/mol. The van der Waals surface area contributed by atoms with Crippen molar-refractivity contribution < 1.29 is 8.42 Å². The van der Waals surface area contributed by atoms with E-state index in [9.17, 15) is 8.42 Å². The molecule has 0 aliphatic heterocycles. The molecular weight excluding hydrogens is 306 g/mol. The first-order valence-electron chi connectivity index (χ1n) is 7.49. The first kappa shape index (κ1) is 15.7. The van der Waals surface area contributed by atoms with Gasteiger partial charge in [0.1, 0.15) is 0 Å². The van der Waals surface area contributed by atoms with Crippen LogP contribution in [-0.4, -0.2) is 14.6 Å². The molecule has 2 aromatic carbocycles. The van der Waals surface area contributed by atoms with Gasteiger partial charge in [0.25, 0.3) is 10.0 Å². The second-order valence-corrected chi connectivity index (χ2v) is 8.02. The van der Waals surface area contributed by atoms with Gasteiger partial charge in [-0.15, -0.1) is 0 Å². The molecule has 23 heavy (non-hydrogen) atoms. The van der Waals surface area contributed by atoms with Gasteiger partial charge in [-0.3, -0.25) is 0 Å². The molecule has 0 bridgehead atoms. The van der Waals surface area contributed by atoms with Crippen LogP contribution in [0.3, 0.4) is 0 Å². The van der Waals surface area contributed by atoms with Crippen molar-refractivity contribution in [2.45, 2.75) is 25.7 Å². The van der Waals surface area contributed by atoms with Crippen LogP contribution in [0.1, 0.15) is 19.4 Å². The Morgan fingerprint density at radius 1 is 1.00 bits per heavy atom. The third-order valence-corrected chi connectivity index (χ3v) is 5.35. The summed E-state index contributed by atoms with van der Waals surface area (Å²) in [5.41, 5.74) is 1.70. The number of hydrogen-bond donors (Lipinski definition) is 0. The molecule has 118 valence electrons. The average molecular weight is 325 g/mol. The summed E-state index contributed by atoms with van der Waals surface area (Å²) in [4.78, 5) is 0.216. The summed E-state index contributed by atoms with van der Waals surface area (Å²) in [6.07, 6.45) is 3.64. The fourth-order valence-corrected chi connectivity index (χ4v) is 3.66. The van der Waals surface area contributed by atoms with E-state index in [2.05, 4.69) is 24.3 Å². The Bertz CT molecular complexity index is 998. The molecule has 3 rings (SSSR count). The second kappa shape index (κ2) is 5.46. The Labute approximate surface area is 136 Å². The molecule has 0 radical (unpaired) electrons. The van der Waals surface area contributed by atoms with Gasteiger partial charge in [0.15, 0.2) is 0 Å². The molecule has 0 N–H and O–H groups in total. The highest BCUT2D eigenvalue weighted by atomic mass is 32.2. The van der Waals surface area contributed by atoms with Crippen molar-refractivity contribution in [2.24, 2.45) is 9.81 Å². The number of sulfonamides is 1. The molecule has 0 atom stereocenters. The Morgan fingerprint density at radius 2 is 1.65 bits per heavy atom. The van der Waals surface area contributed by atoms with E-state index in [1.54, 1.807) is 24.3 Å². The summed E-state index contributed by atoms with van der Waals surface area (Å²) in [6.45, 7) is 6.04. The van der Waals surface area contributed by atoms with E-state index < -0.39 is 10.0 Å². The summed E-state index contributed by atoms with van der Waals surface area (Å²) < 4.78 is 28.7. The first-order valence-corrected chi connectivity index (χ1v) is 8.93. The standard InChI is InChI=1S/C19H19NO2S/c1-14-8-10-16(11-9-14)23(21,22)20-13-18-17-7-5-4-6-15(17)12-19(18,2)3/h4-13H,1-3H3/b20-13+. The van der Waals surface area contributed by atoms with Crippen molar-refractivity contribution in [1.82, 2.24) is 0 Å². The number of benzene rings is 2. The molecule has 0 saturated heterocycles. The van der Waals surface area contributed by atoms with Gasteiger partial charge in [0.05, 0.1) is 4.90 Å². The second-order valence-electron chi connectivity index (χ2n) is 6.39. The lowest BCUT2D eigenvalue weighted by Gasteiger charge is -2.17. The maximum atomic E-state index is 12.4. The van der Waals surface area contributed by atoms with Crippen molar-refractivity contribution >= 4 is 27.9 Å². The van der Waals surface area contributed by atoms with Gasteiger partial charge in [0, 0.05) is 11.6 Å². The topological polar surface area (TPSA) is 46.5 Å². The summed E-state index contributed by atoms with van der Waals surface area (Å²) in [6, 6.07) is 14.7. The fourth-order valence-electron chi connectivity index (χ4n) is 2.81. The summed E-state index contributed by atoms with van der Waals surface area (Å²) in [5, 5.41) is 2.16. The fraction of sp³-hybridized carbons (Fsp3) is 0.211. The molecule has 0 aromatic heterocycles. The van der Waals surface area contributed by atoms with E-state index in [4.69, 9.17) is 0 Å². The Balaban J connectivity index is 2.07. The Hall–Kier alpha value is -2.20. The molecule has 0 amide bonds. The molecule has 0 fully saturated rings. The number of fused-ring (bicyclic) bond motifs is 1. The van der Waals surface area contributed by atoms with Crippen LogP contribution in [0.5, 0.6) is 0 Å². The minimum Gasteiger partial charge on any atom is -0.199 e. The van der Waals surface area contributed by atoms with Crippen molar-refractivity contribution in [3.63, 3.8) is 0 Å². The van der Waals surface area contributed by atoms with E-state index in [0.717, 1.165) is 21.6 Å². The van der Waals surface area contributed by atoms with Gasteiger partial charge in [0.2, 0.25) is 0 Å². The van der Waals surface area contributed by atoms with Crippen molar-refractivity contribution in [1.29, 1.82) is 0 Å². The molecule has 1 aliphatic carbocycles. The minimum absolute atomic E-state index is 0.216.